The minimum atomic E-state index is -2.92. The van der Waals surface area contributed by atoms with E-state index < -0.39 is 9.84 Å². The Labute approximate surface area is 100 Å². The lowest BCUT2D eigenvalue weighted by Gasteiger charge is -2.18. The van der Waals surface area contributed by atoms with Gasteiger partial charge in [-0.05, 0) is 12.8 Å². The van der Waals surface area contributed by atoms with Gasteiger partial charge in [-0.25, -0.2) is 13.4 Å². The Morgan fingerprint density at radius 2 is 2.38 bits per heavy atom. The average molecular weight is 260 g/mol. The quantitative estimate of drug-likeness (QED) is 0.883. The van der Waals surface area contributed by atoms with Gasteiger partial charge in [-0.15, -0.1) is 11.3 Å². The molecule has 4 nitrogen and oxygen atoms in total. The number of nitrogens with zero attached hydrogens (tertiary/aromatic N) is 1. The lowest BCUT2D eigenvalue weighted by molar-refractivity contribution is 0.506. The average Bonchev–Trinajstić information content (AvgIpc) is 2.85. The van der Waals surface area contributed by atoms with Crippen molar-refractivity contribution in [1.82, 2.24) is 10.3 Å². The van der Waals surface area contributed by atoms with Crippen LogP contribution in [0.3, 0.4) is 0 Å². The summed E-state index contributed by atoms with van der Waals surface area (Å²) in [7, 11) is -2.92. The molecule has 90 valence electrons. The molecule has 2 atom stereocenters. The van der Waals surface area contributed by atoms with Crippen molar-refractivity contribution in [2.75, 3.05) is 6.26 Å². The molecule has 1 aliphatic rings. The SMILES string of the molecule is CS(=O)(=O)C1CCCC1NCc1nccs1. The Morgan fingerprint density at radius 3 is 3.00 bits per heavy atom. The maximum absolute atomic E-state index is 11.6. The van der Waals surface area contributed by atoms with Gasteiger partial charge in [-0.3, -0.25) is 0 Å². The number of sulfone groups is 1. The van der Waals surface area contributed by atoms with Crippen LogP contribution in [-0.2, 0) is 16.4 Å². The summed E-state index contributed by atoms with van der Waals surface area (Å²) >= 11 is 1.59. The number of nitrogens with one attached hydrogen (secondary N) is 1. The summed E-state index contributed by atoms with van der Waals surface area (Å²) in [6, 6.07) is 0.0962. The third kappa shape index (κ3) is 2.81. The lowest BCUT2D eigenvalue weighted by atomic mass is 10.2. The zero-order chi connectivity index (χ0) is 11.6. The van der Waals surface area contributed by atoms with Gasteiger partial charge in [0.15, 0.2) is 9.84 Å². The highest BCUT2D eigenvalue weighted by Crippen LogP contribution is 2.25. The van der Waals surface area contributed by atoms with Gasteiger partial charge in [0, 0.05) is 30.4 Å². The fourth-order valence-electron chi connectivity index (χ4n) is 2.23. The first-order chi connectivity index (χ1) is 7.57. The van der Waals surface area contributed by atoms with E-state index in [9.17, 15) is 8.42 Å². The Kier molecular flexibility index (Phi) is 3.61. The van der Waals surface area contributed by atoms with Gasteiger partial charge in [0.2, 0.25) is 0 Å². The van der Waals surface area contributed by atoms with Crippen molar-refractivity contribution in [2.24, 2.45) is 0 Å². The van der Waals surface area contributed by atoms with Crippen molar-refractivity contribution >= 4 is 21.2 Å². The number of hydrogen-bond acceptors (Lipinski definition) is 5. The molecular weight excluding hydrogens is 244 g/mol. The van der Waals surface area contributed by atoms with Crippen molar-refractivity contribution in [3.63, 3.8) is 0 Å². The Hall–Kier alpha value is -0.460. The summed E-state index contributed by atoms with van der Waals surface area (Å²) in [6.45, 7) is 0.675. The minimum absolute atomic E-state index is 0.0962. The Balaban J connectivity index is 1.94. The van der Waals surface area contributed by atoms with Gasteiger partial charge in [-0.1, -0.05) is 6.42 Å². The van der Waals surface area contributed by atoms with Crippen molar-refractivity contribution in [1.29, 1.82) is 0 Å². The number of aromatic nitrogens is 1. The van der Waals surface area contributed by atoms with Crippen LogP contribution in [0.25, 0.3) is 0 Å². The van der Waals surface area contributed by atoms with E-state index in [1.807, 2.05) is 5.38 Å². The molecular formula is C10H16N2O2S2. The Bertz CT molecular complexity index is 428. The third-order valence-electron chi connectivity index (χ3n) is 3.00. The molecule has 0 saturated heterocycles. The molecule has 0 aromatic carbocycles. The molecule has 2 unspecified atom stereocenters. The fraction of sp³-hybridized carbons (Fsp3) is 0.700. The summed E-state index contributed by atoms with van der Waals surface area (Å²) in [6.07, 6.45) is 5.83. The number of hydrogen-bond donors (Lipinski definition) is 1. The molecule has 1 fully saturated rings. The van der Waals surface area contributed by atoms with Crippen LogP contribution in [0.15, 0.2) is 11.6 Å². The van der Waals surface area contributed by atoms with E-state index in [1.54, 1.807) is 17.5 Å². The first-order valence-corrected chi connectivity index (χ1v) is 8.21. The molecule has 0 radical (unpaired) electrons. The maximum atomic E-state index is 11.6. The molecule has 1 aromatic heterocycles. The Morgan fingerprint density at radius 1 is 1.56 bits per heavy atom. The lowest BCUT2D eigenvalue weighted by Crippen LogP contribution is -2.39. The van der Waals surface area contributed by atoms with Crippen molar-refractivity contribution < 1.29 is 8.42 Å². The molecule has 1 aromatic rings. The van der Waals surface area contributed by atoms with E-state index in [0.717, 1.165) is 24.3 Å². The van der Waals surface area contributed by atoms with Crippen LogP contribution in [0, 0.1) is 0 Å². The number of rotatable bonds is 4. The first-order valence-electron chi connectivity index (χ1n) is 5.38. The molecule has 16 heavy (non-hydrogen) atoms. The molecule has 6 heteroatoms. The van der Waals surface area contributed by atoms with Crippen LogP contribution in [0.1, 0.15) is 24.3 Å². The summed E-state index contributed by atoms with van der Waals surface area (Å²) in [5.41, 5.74) is 0. The predicted octanol–water partition coefficient (Wildman–Crippen LogP) is 1.20. The standard InChI is InChI=1S/C10H16N2O2S2/c1-16(13,14)9-4-2-3-8(9)12-7-10-11-5-6-15-10/h5-6,8-9,12H,2-4,7H2,1H3. The second-order valence-corrected chi connectivity index (χ2v) is 7.46. The predicted molar refractivity (Wildman–Crippen MR) is 65.2 cm³/mol. The van der Waals surface area contributed by atoms with E-state index in [2.05, 4.69) is 10.3 Å². The maximum Gasteiger partial charge on any atom is 0.151 e. The molecule has 1 saturated carbocycles. The van der Waals surface area contributed by atoms with E-state index in [1.165, 1.54) is 6.26 Å². The van der Waals surface area contributed by atoms with E-state index in [-0.39, 0.29) is 11.3 Å². The fourth-order valence-corrected chi connectivity index (χ4v) is 4.22. The third-order valence-corrected chi connectivity index (χ3v) is 5.45. The highest BCUT2D eigenvalue weighted by atomic mass is 32.2. The largest absolute Gasteiger partial charge is 0.306 e. The molecule has 1 aliphatic carbocycles. The topological polar surface area (TPSA) is 59.1 Å². The molecule has 1 N–H and O–H groups in total. The van der Waals surface area contributed by atoms with E-state index in [0.29, 0.717) is 6.54 Å². The summed E-state index contributed by atoms with van der Waals surface area (Å²) in [5, 5.41) is 6.04. The molecule has 0 spiro atoms. The summed E-state index contributed by atoms with van der Waals surface area (Å²) in [5.74, 6) is 0. The second-order valence-electron chi connectivity index (χ2n) is 4.21. The van der Waals surface area contributed by atoms with Gasteiger partial charge < -0.3 is 5.32 Å². The number of thiazole rings is 1. The highest BCUT2D eigenvalue weighted by Gasteiger charge is 2.34. The molecule has 0 amide bonds. The smallest absolute Gasteiger partial charge is 0.151 e. The van der Waals surface area contributed by atoms with Gasteiger partial charge in [0.05, 0.1) is 5.25 Å². The van der Waals surface area contributed by atoms with E-state index >= 15 is 0 Å². The second kappa shape index (κ2) is 4.81. The minimum Gasteiger partial charge on any atom is -0.306 e. The van der Waals surface area contributed by atoms with Crippen molar-refractivity contribution in [3.05, 3.63) is 16.6 Å². The monoisotopic (exact) mass is 260 g/mol. The zero-order valence-corrected chi connectivity index (χ0v) is 10.9. The van der Waals surface area contributed by atoms with Crippen LogP contribution >= 0.6 is 11.3 Å². The molecule has 0 bridgehead atoms. The zero-order valence-electron chi connectivity index (χ0n) is 9.22. The summed E-state index contributed by atoms with van der Waals surface area (Å²) < 4.78 is 23.1. The normalized spacial score (nSPS) is 26.1. The van der Waals surface area contributed by atoms with Crippen LogP contribution in [0.5, 0.6) is 0 Å². The van der Waals surface area contributed by atoms with Crippen LogP contribution in [0.2, 0.25) is 0 Å². The molecule has 1 heterocycles. The van der Waals surface area contributed by atoms with Crippen molar-refractivity contribution in [2.45, 2.75) is 37.1 Å². The van der Waals surface area contributed by atoms with Crippen LogP contribution in [0.4, 0.5) is 0 Å². The molecule has 2 rings (SSSR count). The van der Waals surface area contributed by atoms with Gasteiger partial charge in [-0.2, -0.15) is 0 Å². The van der Waals surface area contributed by atoms with Gasteiger partial charge in [0.25, 0.3) is 0 Å². The van der Waals surface area contributed by atoms with Gasteiger partial charge in [0.1, 0.15) is 5.01 Å². The van der Waals surface area contributed by atoms with Gasteiger partial charge >= 0.3 is 0 Å². The summed E-state index contributed by atoms with van der Waals surface area (Å²) in [4.78, 5) is 4.17. The first kappa shape index (κ1) is 12.0. The van der Waals surface area contributed by atoms with Crippen LogP contribution < -0.4 is 5.32 Å². The molecule has 0 aliphatic heterocycles. The van der Waals surface area contributed by atoms with Crippen LogP contribution in [-0.4, -0.2) is 30.9 Å². The van der Waals surface area contributed by atoms with Crippen molar-refractivity contribution in [3.8, 4) is 0 Å². The van der Waals surface area contributed by atoms with E-state index in [4.69, 9.17) is 0 Å². The highest BCUT2D eigenvalue weighted by molar-refractivity contribution is 7.91.